The molecule has 8 heteroatoms. The number of hydrogen-bond donors (Lipinski definition) is 1. The molecule has 2 aliphatic heterocycles. The highest BCUT2D eigenvalue weighted by atomic mass is 16.5. The zero-order chi connectivity index (χ0) is 18.3. The van der Waals surface area contributed by atoms with Crippen LogP contribution < -0.4 is 5.32 Å². The molecule has 2 amide bonds. The van der Waals surface area contributed by atoms with E-state index in [1.54, 1.807) is 0 Å². The number of amides is 2. The Hall–Kier alpha value is -1.96. The van der Waals surface area contributed by atoms with E-state index >= 15 is 0 Å². The van der Waals surface area contributed by atoms with Crippen LogP contribution in [0.4, 0.5) is 0 Å². The third kappa shape index (κ3) is 3.34. The van der Waals surface area contributed by atoms with Crippen molar-refractivity contribution in [3.05, 3.63) is 11.4 Å². The number of carbonyl (C=O) groups excluding carboxylic acids is 2. The average molecular weight is 361 g/mol. The second kappa shape index (κ2) is 6.64. The van der Waals surface area contributed by atoms with Crippen molar-refractivity contribution in [3.8, 4) is 0 Å². The number of rotatable bonds is 4. The van der Waals surface area contributed by atoms with Gasteiger partial charge in [0.15, 0.2) is 0 Å². The first-order valence-electron chi connectivity index (χ1n) is 9.59. The van der Waals surface area contributed by atoms with Crippen LogP contribution in [0.5, 0.6) is 0 Å². The lowest BCUT2D eigenvalue weighted by Crippen LogP contribution is -2.56. The van der Waals surface area contributed by atoms with E-state index in [2.05, 4.69) is 15.6 Å². The van der Waals surface area contributed by atoms with E-state index in [1.807, 2.05) is 23.4 Å². The van der Waals surface area contributed by atoms with Crippen molar-refractivity contribution in [2.24, 2.45) is 11.8 Å². The number of fused-ring (bicyclic) bond motifs is 1. The second-order valence-corrected chi connectivity index (χ2v) is 8.12. The highest BCUT2D eigenvalue weighted by Crippen LogP contribution is 2.33. The summed E-state index contributed by atoms with van der Waals surface area (Å²) in [6.45, 7) is 6.70. The molecule has 2 fully saturated rings. The molecular weight excluding hydrogens is 334 g/mol. The molecule has 0 bridgehead atoms. The lowest BCUT2D eigenvalue weighted by molar-refractivity contribution is -0.155. The van der Waals surface area contributed by atoms with Gasteiger partial charge in [-0.25, -0.2) is 4.68 Å². The molecule has 3 aliphatic rings. The smallest absolute Gasteiger partial charge is 0.225 e. The molecule has 142 valence electrons. The lowest BCUT2D eigenvalue weighted by Gasteiger charge is -2.45. The van der Waals surface area contributed by atoms with E-state index in [-0.39, 0.29) is 29.3 Å². The number of carbonyl (C=O) groups is 2. The van der Waals surface area contributed by atoms with Gasteiger partial charge < -0.3 is 15.0 Å². The molecule has 3 heterocycles. The molecule has 1 unspecified atom stereocenters. The van der Waals surface area contributed by atoms with Crippen molar-refractivity contribution in [3.63, 3.8) is 0 Å². The molecule has 26 heavy (non-hydrogen) atoms. The zero-order valence-corrected chi connectivity index (χ0v) is 15.5. The number of nitrogens with one attached hydrogen (secondary N) is 1. The Labute approximate surface area is 153 Å². The Kier molecular flexibility index (Phi) is 4.46. The van der Waals surface area contributed by atoms with Gasteiger partial charge in [-0.3, -0.25) is 9.59 Å². The maximum absolute atomic E-state index is 12.4. The molecule has 1 saturated carbocycles. The largest absolute Gasteiger partial charge is 0.365 e. The Morgan fingerprint density at radius 3 is 2.88 bits per heavy atom. The van der Waals surface area contributed by atoms with E-state index < -0.39 is 0 Å². The monoisotopic (exact) mass is 361 g/mol. The Bertz CT molecular complexity index is 712. The predicted octanol–water partition coefficient (Wildman–Crippen LogP) is 0.852. The van der Waals surface area contributed by atoms with Gasteiger partial charge in [0.25, 0.3) is 0 Å². The van der Waals surface area contributed by atoms with Gasteiger partial charge in [0.05, 0.1) is 31.9 Å². The molecule has 0 aromatic carbocycles. The third-order valence-electron chi connectivity index (χ3n) is 5.59. The van der Waals surface area contributed by atoms with E-state index in [0.717, 1.165) is 43.6 Å². The second-order valence-electron chi connectivity index (χ2n) is 8.12. The number of ether oxygens (including phenoxy) is 1. The summed E-state index contributed by atoms with van der Waals surface area (Å²) in [5.74, 6) is 0.473. The highest BCUT2D eigenvalue weighted by Gasteiger charge is 2.42. The highest BCUT2D eigenvalue weighted by molar-refractivity contribution is 5.80. The standard InChI is InChI=1S/C18H27N5O3/c1-12(2)17(25)22-7-3-6-18(10-22)11-23-15(9-26-18)14(20-21-23)8-19-16(24)13-4-5-13/h12-13H,3-11H2,1-2H3,(H,19,24). The Morgan fingerprint density at radius 2 is 2.15 bits per heavy atom. The molecule has 0 radical (unpaired) electrons. The van der Waals surface area contributed by atoms with Crippen LogP contribution in [0.3, 0.4) is 0 Å². The number of piperidine rings is 1. The van der Waals surface area contributed by atoms with Crippen molar-refractivity contribution in [1.82, 2.24) is 25.2 Å². The van der Waals surface area contributed by atoms with Gasteiger partial charge in [-0.15, -0.1) is 5.10 Å². The molecule has 1 aromatic heterocycles. The minimum absolute atomic E-state index is 0.00245. The molecular formula is C18H27N5O3. The fourth-order valence-electron chi connectivity index (χ4n) is 3.89. The lowest BCUT2D eigenvalue weighted by atomic mass is 9.90. The van der Waals surface area contributed by atoms with E-state index in [9.17, 15) is 9.59 Å². The molecule has 1 saturated heterocycles. The van der Waals surface area contributed by atoms with Crippen LogP contribution in [0.1, 0.15) is 50.9 Å². The minimum atomic E-state index is -0.377. The molecule has 1 spiro atoms. The molecule has 4 rings (SSSR count). The number of aromatic nitrogens is 3. The summed E-state index contributed by atoms with van der Waals surface area (Å²) in [4.78, 5) is 26.1. The van der Waals surface area contributed by atoms with Crippen LogP contribution in [-0.2, 0) is 34.0 Å². The maximum Gasteiger partial charge on any atom is 0.225 e. The fourth-order valence-corrected chi connectivity index (χ4v) is 3.89. The van der Waals surface area contributed by atoms with Crippen molar-refractivity contribution in [2.75, 3.05) is 13.1 Å². The summed E-state index contributed by atoms with van der Waals surface area (Å²) < 4.78 is 8.15. The summed E-state index contributed by atoms with van der Waals surface area (Å²) in [5.41, 5.74) is 1.33. The average Bonchev–Trinajstić information content (AvgIpc) is 3.41. The van der Waals surface area contributed by atoms with Crippen molar-refractivity contribution >= 4 is 11.8 Å². The Balaban J connectivity index is 1.43. The minimum Gasteiger partial charge on any atom is -0.365 e. The van der Waals surface area contributed by atoms with Gasteiger partial charge in [-0.1, -0.05) is 19.1 Å². The van der Waals surface area contributed by atoms with Crippen LogP contribution in [0.15, 0.2) is 0 Å². The van der Waals surface area contributed by atoms with Crippen LogP contribution in [0.25, 0.3) is 0 Å². The summed E-state index contributed by atoms with van der Waals surface area (Å²) >= 11 is 0. The number of hydrogen-bond acceptors (Lipinski definition) is 5. The first kappa shape index (κ1) is 17.5. The fraction of sp³-hybridized carbons (Fsp3) is 0.778. The van der Waals surface area contributed by atoms with Crippen LogP contribution in [0.2, 0.25) is 0 Å². The van der Waals surface area contributed by atoms with Gasteiger partial charge in [0, 0.05) is 18.4 Å². The quantitative estimate of drug-likeness (QED) is 0.859. The van der Waals surface area contributed by atoms with Gasteiger partial charge in [0.2, 0.25) is 11.8 Å². The van der Waals surface area contributed by atoms with Gasteiger partial charge in [0.1, 0.15) is 11.3 Å². The topological polar surface area (TPSA) is 89.4 Å². The first-order valence-corrected chi connectivity index (χ1v) is 9.59. The van der Waals surface area contributed by atoms with Gasteiger partial charge in [-0.2, -0.15) is 0 Å². The van der Waals surface area contributed by atoms with Crippen LogP contribution in [0, 0.1) is 11.8 Å². The summed E-state index contributed by atoms with van der Waals surface area (Å²) in [5, 5.41) is 11.5. The summed E-state index contributed by atoms with van der Waals surface area (Å²) in [6.07, 6.45) is 3.83. The molecule has 1 N–H and O–H groups in total. The third-order valence-corrected chi connectivity index (χ3v) is 5.59. The number of likely N-dealkylation sites (tertiary alicyclic amines) is 1. The predicted molar refractivity (Wildman–Crippen MR) is 92.8 cm³/mol. The zero-order valence-electron chi connectivity index (χ0n) is 15.5. The number of nitrogens with zero attached hydrogens (tertiary/aromatic N) is 4. The van der Waals surface area contributed by atoms with E-state index in [4.69, 9.17) is 4.74 Å². The summed E-state index contributed by atoms with van der Waals surface area (Å²) in [6, 6.07) is 0. The molecule has 1 atom stereocenters. The van der Waals surface area contributed by atoms with Crippen molar-refractivity contribution in [1.29, 1.82) is 0 Å². The Morgan fingerprint density at radius 1 is 1.35 bits per heavy atom. The maximum atomic E-state index is 12.4. The molecule has 8 nitrogen and oxygen atoms in total. The van der Waals surface area contributed by atoms with Crippen LogP contribution in [-0.4, -0.2) is 50.4 Å². The molecule has 1 aromatic rings. The summed E-state index contributed by atoms with van der Waals surface area (Å²) in [7, 11) is 0. The SMILES string of the molecule is CC(C)C(=O)N1CCCC2(C1)Cn1nnc(CNC(=O)C3CC3)c1CO2. The van der Waals surface area contributed by atoms with E-state index in [1.165, 1.54) is 0 Å². The van der Waals surface area contributed by atoms with Crippen molar-refractivity contribution in [2.45, 2.75) is 64.8 Å². The molecule has 1 aliphatic carbocycles. The normalized spacial score (nSPS) is 25.4. The van der Waals surface area contributed by atoms with Gasteiger partial charge in [-0.05, 0) is 25.7 Å². The van der Waals surface area contributed by atoms with Gasteiger partial charge >= 0.3 is 0 Å². The van der Waals surface area contributed by atoms with Crippen molar-refractivity contribution < 1.29 is 14.3 Å². The van der Waals surface area contributed by atoms with E-state index in [0.29, 0.717) is 26.2 Å². The first-order chi connectivity index (χ1) is 12.5. The van der Waals surface area contributed by atoms with Crippen LogP contribution >= 0.6 is 0 Å².